The molecular formula is C19H22N4O3. The number of benzene rings is 1. The van der Waals surface area contributed by atoms with Gasteiger partial charge in [0.15, 0.2) is 0 Å². The average Bonchev–Trinajstić information content (AvgIpc) is 2.69. The first-order valence-corrected chi connectivity index (χ1v) is 8.56. The maximum atomic E-state index is 12.4. The number of primary amides is 1. The Labute approximate surface area is 152 Å². The molecule has 136 valence electrons. The number of morpholine rings is 1. The van der Waals surface area contributed by atoms with E-state index in [1.807, 2.05) is 30.3 Å². The van der Waals surface area contributed by atoms with E-state index in [4.69, 9.17) is 10.5 Å². The van der Waals surface area contributed by atoms with Crippen LogP contribution in [0.3, 0.4) is 0 Å². The molecule has 7 nitrogen and oxygen atoms in total. The van der Waals surface area contributed by atoms with Gasteiger partial charge in [-0.1, -0.05) is 30.3 Å². The Morgan fingerprint density at radius 2 is 1.88 bits per heavy atom. The largest absolute Gasteiger partial charge is 0.378 e. The summed E-state index contributed by atoms with van der Waals surface area (Å²) in [5.41, 5.74) is 7.02. The quantitative estimate of drug-likeness (QED) is 0.808. The molecule has 0 spiro atoms. The normalized spacial score (nSPS) is 15.3. The molecule has 1 atom stereocenters. The summed E-state index contributed by atoms with van der Waals surface area (Å²) in [6.45, 7) is 2.27. The molecule has 1 aliphatic rings. The lowest BCUT2D eigenvalue weighted by Crippen LogP contribution is -2.40. The smallest absolute Gasteiger partial charge is 0.255 e. The van der Waals surface area contributed by atoms with Crippen LogP contribution >= 0.6 is 0 Å². The van der Waals surface area contributed by atoms with Crippen molar-refractivity contribution in [3.63, 3.8) is 0 Å². The Balaban J connectivity index is 1.65. The lowest BCUT2D eigenvalue weighted by molar-refractivity contribution is -0.118. The Morgan fingerprint density at radius 1 is 1.15 bits per heavy atom. The second-order valence-electron chi connectivity index (χ2n) is 6.13. The Bertz CT molecular complexity index is 743. The lowest BCUT2D eigenvalue weighted by Gasteiger charge is -2.26. The molecule has 0 aliphatic carbocycles. The number of aromatic nitrogens is 1. The van der Waals surface area contributed by atoms with Crippen LogP contribution in [0.5, 0.6) is 0 Å². The van der Waals surface area contributed by atoms with Gasteiger partial charge in [-0.2, -0.15) is 0 Å². The number of nitrogens with one attached hydrogen (secondary N) is 1. The molecule has 0 radical (unpaired) electrons. The Morgan fingerprint density at radius 3 is 2.50 bits per heavy atom. The predicted molar refractivity (Wildman–Crippen MR) is 97.7 cm³/mol. The Hall–Kier alpha value is -2.93. The summed E-state index contributed by atoms with van der Waals surface area (Å²) in [4.78, 5) is 30.2. The molecule has 0 bridgehead atoms. The number of carbonyl (C=O) groups is 2. The highest BCUT2D eigenvalue weighted by atomic mass is 16.5. The number of nitrogens with zero attached hydrogens (tertiary/aromatic N) is 2. The summed E-state index contributed by atoms with van der Waals surface area (Å²) < 4.78 is 5.26. The van der Waals surface area contributed by atoms with E-state index in [1.165, 1.54) is 6.20 Å². The molecule has 0 unspecified atom stereocenters. The van der Waals surface area contributed by atoms with Crippen LogP contribution in [-0.4, -0.2) is 54.0 Å². The first kappa shape index (κ1) is 17.9. The van der Waals surface area contributed by atoms with Gasteiger partial charge in [0, 0.05) is 25.7 Å². The fourth-order valence-corrected chi connectivity index (χ4v) is 2.81. The number of anilines is 1. The van der Waals surface area contributed by atoms with E-state index in [2.05, 4.69) is 10.3 Å². The number of amides is 2. The van der Waals surface area contributed by atoms with Crippen molar-refractivity contribution in [2.75, 3.05) is 31.6 Å². The summed E-state index contributed by atoms with van der Waals surface area (Å²) in [6.07, 6.45) is 1.98. The Kier molecular flexibility index (Phi) is 5.80. The third-order valence-electron chi connectivity index (χ3n) is 4.26. The molecule has 1 aromatic heterocycles. The van der Waals surface area contributed by atoms with Crippen LogP contribution in [0.2, 0.25) is 0 Å². The number of nitrogens with two attached hydrogens (primary N) is 1. The maximum absolute atomic E-state index is 12.4. The second kappa shape index (κ2) is 8.44. The topological polar surface area (TPSA) is 97.5 Å². The van der Waals surface area contributed by atoms with E-state index in [1.54, 1.807) is 17.0 Å². The summed E-state index contributed by atoms with van der Waals surface area (Å²) in [6, 6.07) is 12.4. The maximum Gasteiger partial charge on any atom is 0.255 e. The minimum absolute atomic E-state index is 0.0666. The molecule has 1 aromatic carbocycles. The molecule has 3 rings (SSSR count). The number of hydrogen-bond acceptors (Lipinski definition) is 5. The van der Waals surface area contributed by atoms with E-state index in [9.17, 15) is 9.59 Å². The van der Waals surface area contributed by atoms with Gasteiger partial charge in [-0.25, -0.2) is 4.98 Å². The van der Waals surface area contributed by atoms with Crippen LogP contribution in [0.4, 0.5) is 5.82 Å². The van der Waals surface area contributed by atoms with Crippen molar-refractivity contribution in [3.05, 3.63) is 59.8 Å². The zero-order chi connectivity index (χ0) is 18.4. The first-order chi connectivity index (χ1) is 12.6. The zero-order valence-electron chi connectivity index (χ0n) is 14.4. The van der Waals surface area contributed by atoms with Gasteiger partial charge in [-0.15, -0.1) is 0 Å². The molecule has 2 amide bonds. The summed E-state index contributed by atoms with van der Waals surface area (Å²) in [5, 5.41) is 3.04. The van der Waals surface area contributed by atoms with Gasteiger partial charge < -0.3 is 20.7 Å². The van der Waals surface area contributed by atoms with Crippen molar-refractivity contribution in [2.45, 2.75) is 12.5 Å². The van der Waals surface area contributed by atoms with Gasteiger partial charge in [0.05, 0.1) is 18.8 Å². The van der Waals surface area contributed by atoms with E-state index in [0.29, 0.717) is 44.1 Å². The van der Waals surface area contributed by atoms with E-state index in [0.717, 1.165) is 5.56 Å². The minimum Gasteiger partial charge on any atom is -0.378 e. The molecule has 0 saturated carbocycles. The number of ether oxygens (including phenoxy) is 1. The molecular weight excluding hydrogens is 332 g/mol. The summed E-state index contributed by atoms with van der Waals surface area (Å²) >= 11 is 0. The van der Waals surface area contributed by atoms with Crippen LogP contribution in [0, 0.1) is 0 Å². The van der Waals surface area contributed by atoms with Gasteiger partial charge in [0.1, 0.15) is 11.9 Å². The van der Waals surface area contributed by atoms with Crippen molar-refractivity contribution < 1.29 is 14.3 Å². The minimum atomic E-state index is -0.578. The van der Waals surface area contributed by atoms with Crippen LogP contribution < -0.4 is 11.1 Å². The van der Waals surface area contributed by atoms with Gasteiger partial charge >= 0.3 is 0 Å². The second-order valence-corrected chi connectivity index (χ2v) is 6.13. The number of carbonyl (C=O) groups excluding carboxylic acids is 2. The predicted octanol–water partition coefficient (Wildman–Crippen LogP) is 1.06. The molecule has 1 aliphatic heterocycles. The third kappa shape index (κ3) is 4.58. The molecule has 2 heterocycles. The van der Waals surface area contributed by atoms with E-state index >= 15 is 0 Å². The van der Waals surface area contributed by atoms with Gasteiger partial charge in [0.25, 0.3) is 5.91 Å². The van der Waals surface area contributed by atoms with E-state index < -0.39 is 11.9 Å². The van der Waals surface area contributed by atoms with Gasteiger partial charge in [-0.3, -0.25) is 9.59 Å². The van der Waals surface area contributed by atoms with Gasteiger partial charge in [0.2, 0.25) is 5.91 Å². The van der Waals surface area contributed by atoms with Crippen LogP contribution in [0.1, 0.15) is 15.9 Å². The van der Waals surface area contributed by atoms with Crippen molar-refractivity contribution >= 4 is 17.6 Å². The standard InChI is InChI=1S/C19H22N4O3/c20-18(24)16(12-14-4-2-1-3-5-14)22-17-7-6-15(13-21-17)19(25)23-8-10-26-11-9-23/h1-7,13,16H,8-12H2,(H2,20,24)(H,21,22)/t16-/m0/s1. The summed E-state index contributed by atoms with van der Waals surface area (Å²) in [7, 11) is 0. The molecule has 7 heteroatoms. The van der Waals surface area contributed by atoms with E-state index in [-0.39, 0.29) is 5.91 Å². The highest BCUT2D eigenvalue weighted by Gasteiger charge is 2.20. The fraction of sp³-hybridized carbons (Fsp3) is 0.316. The van der Waals surface area contributed by atoms with Crippen LogP contribution in [0.15, 0.2) is 48.7 Å². The first-order valence-electron chi connectivity index (χ1n) is 8.56. The number of hydrogen-bond donors (Lipinski definition) is 2. The average molecular weight is 354 g/mol. The molecule has 3 N–H and O–H groups in total. The van der Waals surface area contributed by atoms with Gasteiger partial charge in [-0.05, 0) is 17.7 Å². The van der Waals surface area contributed by atoms with Crippen LogP contribution in [0.25, 0.3) is 0 Å². The highest BCUT2D eigenvalue weighted by Crippen LogP contribution is 2.12. The van der Waals surface area contributed by atoms with Crippen LogP contribution in [-0.2, 0) is 16.0 Å². The summed E-state index contributed by atoms with van der Waals surface area (Å²) in [5.74, 6) is -0.0181. The van der Waals surface area contributed by atoms with Crippen molar-refractivity contribution in [3.8, 4) is 0 Å². The van der Waals surface area contributed by atoms with Crippen molar-refractivity contribution in [2.24, 2.45) is 5.73 Å². The molecule has 26 heavy (non-hydrogen) atoms. The fourth-order valence-electron chi connectivity index (χ4n) is 2.81. The lowest BCUT2D eigenvalue weighted by atomic mass is 10.1. The van der Waals surface area contributed by atoms with Crippen molar-refractivity contribution in [1.29, 1.82) is 0 Å². The molecule has 1 fully saturated rings. The molecule has 2 aromatic rings. The molecule has 1 saturated heterocycles. The highest BCUT2D eigenvalue weighted by molar-refractivity contribution is 5.94. The number of rotatable bonds is 6. The zero-order valence-corrected chi connectivity index (χ0v) is 14.4. The SMILES string of the molecule is NC(=O)[C@H](Cc1ccccc1)Nc1ccc(C(=O)N2CCOCC2)cn1. The number of pyridine rings is 1. The third-order valence-corrected chi connectivity index (χ3v) is 4.26. The van der Waals surface area contributed by atoms with Crippen molar-refractivity contribution in [1.82, 2.24) is 9.88 Å². The monoisotopic (exact) mass is 354 g/mol.